The van der Waals surface area contributed by atoms with Crippen molar-refractivity contribution < 1.29 is 14.7 Å². The van der Waals surface area contributed by atoms with Crippen LogP contribution in [0.2, 0.25) is 0 Å². The van der Waals surface area contributed by atoms with E-state index in [0.29, 0.717) is 13.1 Å². The summed E-state index contributed by atoms with van der Waals surface area (Å²) in [6, 6.07) is 14.6. The second-order valence-electron chi connectivity index (χ2n) is 6.04. The number of benzene rings is 2. The first-order chi connectivity index (χ1) is 11.5. The maximum atomic E-state index is 12.6. The Balaban J connectivity index is 1.80. The predicted octanol–water partition coefficient (Wildman–Crippen LogP) is 2.77. The Bertz CT molecular complexity index is 758. The van der Waals surface area contributed by atoms with Crippen molar-refractivity contribution >= 4 is 17.6 Å². The number of nitrogens with zero attached hydrogens (tertiary/aromatic N) is 1. The SMILES string of the molecule is C[C@H]1Nc2cc(C(=O)O)ccc2CN(CCc2ccccc2)C1=O. The molecule has 5 heteroatoms. The summed E-state index contributed by atoms with van der Waals surface area (Å²) in [5.41, 5.74) is 3.07. The van der Waals surface area contributed by atoms with Gasteiger partial charge in [-0.15, -0.1) is 0 Å². The van der Waals surface area contributed by atoms with E-state index in [0.717, 1.165) is 17.7 Å². The van der Waals surface area contributed by atoms with Gasteiger partial charge in [0.05, 0.1) is 5.56 Å². The minimum atomic E-state index is -0.969. The first kappa shape index (κ1) is 16.1. The summed E-state index contributed by atoms with van der Waals surface area (Å²) in [6.07, 6.45) is 0.793. The number of hydrogen-bond donors (Lipinski definition) is 2. The third kappa shape index (κ3) is 3.40. The van der Waals surface area contributed by atoms with E-state index >= 15 is 0 Å². The number of rotatable bonds is 4. The van der Waals surface area contributed by atoms with Gasteiger partial charge in [0.1, 0.15) is 6.04 Å². The number of anilines is 1. The number of amides is 1. The number of nitrogens with one attached hydrogen (secondary N) is 1. The van der Waals surface area contributed by atoms with Crippen LogP contribution in [0.4, 0.5) is 5.69 Å². The normalized spacial score (nSPS) is 17.0. The van der Waals surface area contributed by atoms with E-state index in [4.69, 9.17) is 5.11 Å². The molecule has 1 aliphatic rings. The van der Waals surface area contributed by atoms with Crippen LogP contribution in [0.25, 0.3) is 0 Å². The zero-order chi connectivity index (χ0) is 17.1. The summed E-state index contributed by atoms with van der Waals surface area (Å²) in [7, 11) is 0. The zero-order valence-electron chi connectivity index (χ0n) is 13.5. The largest absolute Gasteiger partial charge is 0.478 e. The van der Waals surface area contributed by atoms with Gasteiger partial charge in [0, 0.05) is 18.8 Å². The summed E-state index contributed by atoms with van der Waals surface area (Å²) in [6.45, 7) is 2.92. The molecule has 1 amide bonds. The van der Waals surface area contributed by atoms with Crippen LogP contribution >= 0.6 is 0 Å². The van der Waals surface area contributed by atoms with Crippen molar-refractivity contribution in [1.29, 1.82) is 0 Å². The van der Waals surface area contributed by atoms with Gasteiger partial charge in [-0.1, -0.05) is 36.4 Å². The van der Waals surface area contributed by atoms with E-state index in [1.165, 1.54) is 5.56 Å². The molecule has 0 fully saturated rings. The zero-order valence-corrected chi connectivity index (χ0v) is 13.5. The van der Waals surface area contributed by atoms with Crippen LogP contribution in [0.1, 0.15) is 28.4 Å². The molecule has 2 aromatic carbocycles. The van der Waals surface area contributed by atoms with E-state index in [9.17, 15) is 9.59 Å². The fourth-order valence-corrected chi connectivity index (χ4v) is 2.93. The molecule has 0 saturated heterocycles. The number of carboxylic acids is 1. The van der Waals surface area contributed by atoms with Crippen LogP contribution in [0.15, 0.2) is 48.5 Å². The van der Waals surface area contributed by atoms with Gasteiger partial charge in [0.2, 0.25) is 5.91 Å². The van der Waals surface area contributed by atoms with Crippen molar-refractivity contribution in [3.05, 3.63) is 65.2 Å². The van der Waals surface area contributed by atoms with Gasteiger partial charge >= 0.3 is 5.97 Å². The van der Waals surface area contributed by atoms with Crippen molar-refractivity contribution in [2.24, 2.45) is 0 Å². The summed E-state index contributed by atoms with van der Waals surface area (Å²) >= 11 is 0. The molecule has 124 valence electrons. The topological polar surface area (TPSA) is 69.6 Å². The van der Waals surface area contributed by atoms with Gasteiger partial charge < -0.3 is 15.3 Å². The molecule has 3 rings (SSSR count). The molecule has 0 spiro atoms. The van der Waals surface area contributed by atoms with E-state index in [1.807, 2.05) is 23.1 Å². The van der Waals surface area contributed by atoms with Gasteiger partial charge in [-0.2, -0.15) is 0 Å². The minimum Gasteiger partial charge on any atom is -0.478 e. The lowest BCUT2D eigenvalue weighted by atomic mass is 10.1. The third-order valence-corrected chi connectivity index (χ3v) is 4.29. The highest BCUT2D eigenvalue weighted by Gasteiger charge is 2.26. The van der Waals surface area contributed by atoms with Gasteiger partial charge in [-0.05, 0) is 36.6 Å². The summed E-state index contributed by atoms with van der Waals surface area (Å²) in [5, 5.41) is 12.3. The Morgan fingerprint density at radius 2 is 2.00 bits per heavy atom. The quantitative estimate of drug-likeness (QED) is 0.907. The fourth-order valence-electron chi connectivity index (χ4n) is 2.93. The first-order valence-electron chi connectivity index (χ1n) is 8.00. The van der Waals surface area contributed by atoms with E-state index in [1.54, 1.807) is 25.1 Å². The maximum Gasteiger partial charge on any atom is 0.335 e. The molecule has 2 N–H and O–H groups in total. The van der Waals surface area contributed by atoms with Gasteiger partial charge in [-0.25, -0.2) is 4.79 Å². The molecule has 0 unspecified atom stereocenters. The third-order valence-electron chi connectivity index (χ3n) is 4.29. The Labute approximate surface area is 140 Å². The molecule has 1 atom stereocenters. The van der Waals surface area contributed by atoms with Crippen molar-refractivity contribution in [1.82, 2.24) is 4.90 Å². The highest BCUT2D eigenvalue weighted by Crippen LogP contribution is 2.24. The van der Waals surface area contributed by atoms with Gasteiger partial charge in [0.25, 0.3) is 0 Å². The van der Waals surface area contributed by atoms with E-state index < -0.39 is 5.97 Å². The smallest absolute Gasteiger partial charge is 0.335 e. The Kier molecular flexibility index (Phi) is 4.51. The predicted molar refractivity (Wildman–Crippen MR) is 92.0 cm³/mol. The van der Waals surface area contributed by atoms with Crippen molar-refractivity contribution in [3.63, 3.8) is 0 Å². The van der Waals surface area contributed by atoms with Crippen LogP contribution < -0.4 is 5.32 Å². The monoisotopic (exact) mass is 324 g/mol. The Morgan fingerprint density at radius 1 is 1.25 bits per heavy atom. The molecular formula is C19H20N2O3. The number of fused-ring (bicyclic) bond motifs is 1. The Hall–Kier alpha value is -2.82. The molecule has 0 aliphatic carbocycles. The van der Waals surface area contributed by atoms with Gasteiger partial charge in [-0.3, -0.25) is 4.79 Å². The number of carboxylic acid groups (broad SMARTS) is 1. The Morgan fingerprint density at radius 3 is 2.71 bits per heavy atom. The van der Waals surface area contributed by atoms with Crippen molar-refractivity contribution in [2.45, 2.75) is 25.9 Å². The van der Waals surface area contributed by atoms with Crippen LogP contribution in [-0.4, -0.2) is 34.5 Å². The maximum absolute atomic E-state index is 12.6. The van der Waals surface area contributed by atoms with Gasteiger partial charge in [0.15, 0.2) is 0 Å². The highest BCUT2D eigenvalue weighted by atomic mass is 16.4. The second kappa shape index (κ2) is 6.74. The van der Waals surface area contributed by atoms with Crippen LogP contribution in [0.3, 0.4) is 0 Å². The highest BCUT2D eigenvalue weighted by molar-refractivity contribution is 5.91. The van der Waals surface area contributed by atoms with Crippen molar-refractivity contribution in [3.8, 4) is 0 Å². The molecule has 0 bridgehead atoms. The summed E-state index contributed by atoms with van der Waals surface area (Å²) in [5.74, 6) is -0.942. The average molecular weight is 324 g/mol. The molecule has 2 aromatic rings. The van der Waals surface area contributed by atoms with Crippen LogP contribution in [0, 0.1) is 0 Å². The second-order valence-corrected chi connectivity index (χ2v) is 6.04. The lowest BCUT2D eigenvalue weighted by Crippen LogP contribution is -2.39. The molecular weight excluding hydrogens is 304 g/mol. The van der Waals surface area contributed by atoms with Crippen LogP contribution in [-0.2, 0) is 17.8 Å². The average Bonchev–Trinajstić information content (AvgIpc) is 2.70. The molecule has 1 aliphatic heterocycles. The number of carbonyl (C=O) groups excluding carboxylic acids is 1. The molecule has 24 heavy (non-hydrogen) atoms. The molecule has 0 radical (unpaired) electrons. The molecule has 5 nitrogen and oxygen atoms in total. The van der Waals surface area contributed by atoms with Crippen LogP contribution in [0.5, 0.6) is 0 Å². The summed E-state index contributed by atoms with van der Waals surface area (Å²) in [4.78, 5) is 25.6. The van der Waals surface area contributed by atoms with E-state index in [-0.39, 0.29) is 17.5 Å². The molecule has 1 heterocycles. The molecule has 0 saturated carbocycles. The minimum absolute atomic E-state index is 0.0269. The number of aromatic carboxylic acids is 1. The first-order valence-corrected chi connectivity index (χ1v) is 8.00. The number of carbonyl (C=O) groups is 2. The molecule has 0 aromatic heterocycles. The summed E-state index contributed by atoms with van der Waals surface area (Å²) < 4.78 is 0. The van der Waals surface area contributed by atoms with Crippen molar-refractivity contribution in [2.75, 3.05) is 11.9 Å². The lowest BCUT2D eigenvalue weighted by molar-refractivity contribution is -0.132. The van der Waals surface area contributed by atoms with E-state index in [2.05, 4.69) is 17.4 Å². The number of hydrogen-bond acceptors (Lipinski definition) is 3. The fraction of sp³-hybridized carbons (Fsp3) is 0.263. The lowest BCUT2D eigenvalue weighted by Gasteiger charge is -2.22. The standard InChI is InChI=1S/C19H20N2O3/c1-13-18(22)21(10-9-14-5-3-2-4-6-14)12-16-8-7-15(19(23)24)11-17(16)20-13/h2-8,11,13,20H,9-10,12H2,1H3,(H,23,24)/t13-/m1/s1.